The molecule has 154 valence electrons. The molecule has 8 nitrogen and oxygen atoms in total. The van der Waals surface area contributed by atoms with Crippen LogP contribution in [0.4, 0.5) is 0 Å². The summed E-state index contributed by atoms with van der Waals surface area (Å²) in [5, 5.41) is 3.92. The van der Waals surface area contributed by atoms with Crippen molar-refractivity contribution < 1.29 is 23.6 Å². The number of carbonyl (C=O) groups is 2. The highest BCUT2D eigenvalue weighted by Gasteiger charge is 2.49. The number of carbonyl (C=O) groups excluding carboxylic acids is 2. The van der Waals surface area contributed by atoms with Gasteiger partial charge in [-0.1, -0.05) is 17.3 Å². The largest absolute Gasteiger partial charge is 0.497 e. The standard InChI is InChI=1S/C21H25N3O5/c1-13-8-18(22-29-13)21(26)24-10-15-9-23(12-19(25)28-3)11-17(15)20(24)14-4-6-16(27-2)7-5-14/h4-8,15,17,20H,9-12H2,1-3H3/t15-,17-,20-/m0/s1. The zero-order valence-electron chi connectivity index (χ0n) is 16.8. The van der Waals surface area contributed by atoms with Gasteiger partial charge in [0.2, 0.25) is 0 Å². The van der Waals surface area contributed by atoms with Crippen molar-refractivity contribution in [1.82, 2.24) is 15.0 Å². The van der Waals surface area contributed by atoms with Crippen LogP contribution in [0, 0.1) is 18.8 Å². The summed E-state index contributed by atoms with van der Waals surface area (Å²) in [6, 6.07) is 9.40. The van der Waals surface area contributed by atoms with E-state index in [2.05, 4.69) is 10.1 Å². The molecule has 3 atom stereocenters. The highest BCUT2D eigenvalue weighted by Crippen LogP contribution is 2.45. The second kappa shape index (κ2) is 7.87. The molecule has 29 heavy (non-hydrogen) atoms. The van der Waals surface area contributed by atoms with E-state index in [0.29, 0.717) is 18.0 Å². The van der Waals surface area contributed by atoms with Crippen LogP contribution in [0.5, 0.6) is 5.75 Å². The average molecular weight is 399 g/mol. The number of nitrogens with zero attached hydrogens (tertiary/aromatic N) is 3. The fourth-order valence-electron chi connectivity index (χ4n) is 4.56. The van der Waals surface area contributed by atoms with Gasteiger partial charge in [-0.3, -0.25) is 14.5 Å². The van der Waals surface area contributed by atoms with E-state index in [9.17, 15) is 9.59 Å². The van der Waals surface area contributed by atoms with Crippen molar-refractivity contribution in [2.24, 2.45) is 11.8 Å². The van der Waals surface area contributed by atoms with E-state index in [1.54, 1.807) is 20.1 Å². The van der Waals surface area contributed by atoms with Gasteiger partial charge < -0.3 is 18.9 Å². The molecule has 0 N–H and O–H groups in total. The summed E-state index contributed by atoms with van der Waals surface area (Å²) in [7, 11) is 3.03. The summed E-state index contributed by atoms with van der Waals surface area (Å²) < 4.78 is 15.2. The Morgan fingerprint density at radius 2 is 1.93 bits per heavy atom. The van der Waals surface area contributed by atoms with Crippen LogP contribution < -0.4 is 4.74 Å². The second-order valence-electron chi connectivity index (χ2n) is 7.69. The summed E-state index contributed by atoms with van der Waals surface area (Å²) in [6.07, 6.45) is 0. The van der Waals surface area contributed by atoms with Crippen molar-refractivity contribution in [3.05, 3.63) is 47.3 Å². The molecule has 8 heteroatoms. The van der Waals surface area contributed by atoms with E-state index in [-0.39, 0.29) is 36.3 Å². The molecule has 2 aliphatic rings. The molecule has 1 aromatic carbocycles. The molecule has 1 amide bonds. The first-order chi connectivity index (χ1) is 14.0. The zero-order chi connectivity index (χ0) is 20.5. The highest BCUT2D eigenvalue weighted by molar-refractivity contribution is 5.92. The van der Waals surface area contributed by atoms with Gasteiger partial charge in [-0.15, -0.1) is 0 Å². The second-order valence-corrected chi connectivity index (χ2v) is 7.69. The van der Waals surface area contributed by atoms with E-state index >= 15 is 0 Å². The van der Waals surface area contributed by atoms with Gasteiger partial charge in [0.25, 0.3) is 5.91 Å². The van der Waals surface area contributed by atoms with Crippen LogP contribution in [0.2, 0.25) is 0 Å². The monoisotopic (exact) mass is 399 g/mol. The summed E-state index contributed by atoms with van der Waals surface area (Å²) in [4.78, 5) is 28.9. The molecular formula is C21H25N3O5. The smallest absolute Gasteiger partial charge is 0.319 e. The lowest BCUT2D eigenvalue weighted by molar-refractivity contribution is -0.141. The number of benzene rings is 1. The van der Waals surface area contributed by atoms with E-state index in [1.165, 1.54) is 7.11 Å². The van der Waals surface area contributed by atoms with Crippen LogP contribution in [0.25, 0.3) is 0 Å². The third-order valence-electron chi connectivity index (χ3n) is 5.89. The third-order valence-corrected chi connectivity index (χ3v) is 5.89. The molecule has 2 fully saturated rings. The van der Waals surface area contributed by atoms with E-state index in [4.69, 9.17) is 14.0 Å². The van der Waals surface area contributed by atoms with Gasteiger partial charge in [0.15, 0.2) is 5.69 Å². The first-order valence-electron chi connectivity index (χ1n) is 9.67. The number of hydrogen-bond acceptors (Lipinski definition) is 7. The summed E-state index contributed by atoms with van der Waals surface area (Å²) in [5.74, 6) is 1.52. The molecular weight excluding hydrogens is 374 g/mol. The van der Waals surface area contributed by atoms with Crippen LogP contribution in [0.1, 0.15) is 27.9 Å². The molecule has 3 heterocycles. The first kappa shape index (κ1) is 19.4. The molecule has 0 unspecified atom stereocenters. The number of amides is 1. The van der Waals surface area contributed by atoms with Gasteiger partial charge >= 0.3 is 5.97 Å². The Hall–Kier alpha value is -2.87. The predicted octanol–water partition coefficient (Wildman–Crippen LogP) is 1.91. The van der Waals surface area contributed by atoms with Crippen molar-refractivity contribution in [1.29, 1.82) is 0 Å². The molecule has 0 bridgehead atoms. The molecule has 4 rings (SSSR count). The Labute approximate surface area is 169 Å². The van der Waals surface area contributed by atoms with Gasteiger partial charge in [0, 0.05) is 31.6 Å². The fraction of sp³-hybridized carbons (Fsp3) is 0.476. The van der Waals surface area contributed by atoms with Gasteiger partial charge in [0.1, 0.15) is 11.5 Å². The van der Waals surface area contributed by atoms with E-state index < -0.39 is 0 Å². The summed E-state index contributed by atoms with van der Waals surface area (Å²) >= 11 is 0. The minimum absolute atomic E-state index is 0.0990. The van der Waals surface area contributed by atoms with Crippen molar-refractivity contribution >= 4 is 11.9 Å². The Bertz CT molecular complexity index is 894. The third kappa shape index (κ3) is 3.72. The maximum atomic E-state index is 13.2. The highest BCUT2D eigenvalue weighted by atomic mass is 16.5. The van der Waals surface area contributed by atoms with E-state index in [1.807, 2.05) is 29.2 Å². The maximum absolute atomic E-state index is 13.2. The molecule has 0 radical (unpaired) electrons. The summed E-state index contributed by atoms with van der Waals surface area (Å²) in [5.41, 5.74) is 1.37. The normalized spacial score (nSPS) is 23.8. The lowest BCUT2D eigenvalue weighted by atomic mass is 9.89. The van der Waals surface area contributed by atoms with Crippen LogP contribution in [-0.4, -0.2) is 67.2 Å². The van der Waals surface area contributed by atoms with Gasteiger partial charge in [-0.25, -0.2) is 0 Å². The quantitative estimate of drug-likeness (QED) is 0.710. The van der Waals surface area contributed by atoms with E-state index in [0.717, 1.165) is 24.4 Å². The number of aromatic nitrogens is 1. The fourth-order valence-corrected chi connectivity index (χ4v) is 4.56. The Morgan fingerprint density at radius 3 is 2.55 bits per heavy atom. The van der Waals surface area contributed by atoms with Crippen molar-refractivity contribution in [2.75, 3.05) is 40.4 Å². The van der Waals surface area contributed by atoms with Gasteiger partial charge in [0.05, 0.1) is 26.8 Å². The maximum Gasteiger partial charge on any atom is 0.319 e. The lowest BCUT2D eigenvalue weighted by Crippen LogP contribution is -2.37. The van der Waals surface area contributed by atoms with Crippen molar-refractivity contribution in [3.8, 4) is 5.75 Å². The number of hydrogen-bond donors (Lipinski definition) is 0. The first-order valence-corrected chi connectivity index (χ1v) is 9.67. The zero-order valence-corrected chi connectivity index (χ0v) is 16.8. The number of ether oxygens (including phenoxy) is 2. The Balaban J connectivity index is 1.62. The van der Waals surface area contributed by atoms with Crippen LogP contribution >= 0.6 is 0 Å². The number of rotatable bonds is 5. The van der Waals surface area contributed by atoms with Gasteiger partial charge in [-0.05, 0) is 30.5 Å². The Kier molecular flexibility index (Phi) is 5.27. The number of likely N-dealkylation sites (tertiary alicyclic amines) is 2. The molecule has 0 saturated carbocycles. The van der Waals surface area contributed by atoms with Crippen LogP contribution in [0.3, 0.4) is 0 Å². The number of fused-ring (bicyclic) bond motifs is 1. The molecule has 0 spiro atoms. The predicted molar refractivity (Wildman–Crippen MR) is 103 cm³/mol. The average Bonchev–Trinajstić information content (AvgIpc) is 3.41. The summed E-state index contributed by atoms with van der Waals surface area (Å²) in [6.45, 7) is 4.15. The number of methoxy groups -OCH3 is 2. The minimum Gasteiger partial charge on any atom is -0.497 e. The lowest BCUT2D eigenvalue weighted by Gasteiger charge is -2.29. The number of esters is 1. The number of aryl methyl sites for hydroxylation is 1. The van der Waals surface area contributed by atoms with Gasteiger partial charge in [-0.2, -0.15) is 0 Å². The van der Waals surface area contributed by atoms with Crippen molar-refractivity contribution in [2.45, 2.75) is 13.0 Å². The van der Waals surface area contributed by atoms with Crippen LogP contribution in [0.15, 0.2) is 34.9 Å². The molecule has 0 aliphatic carbocycles. The molecule has 1 aromatic heterocycles. The van der Waals surface area contributed by atoms with Crippen molar-refractivity contribution in [3.63, 3.8) is 0 Å². The Morgan fingerprint density at radius 1 is 1.17 bits per heavy atom. The SMILES string of the molecule is COC(=O)CN1C[C@H]2CN(C(=O)c3cc(C)on3)[C@@H](c3ccc(OC)cc3)[C@H]2C1. The molecule has 2 saturated heterocycles. The minimum atomic E-state index is -0.239. The molecule has 2 aliphatic heterocycles. The molecule has 2 aromatic rings. The topological polar surface area (TPSA) is 85.1 Å². The van der Waals surface area contributed by atoms with Crippen LogP contribution in [-0.2, 0) is 9.53 Å².